The van der Waals surface area contributed by atoms with Crippen molar-refractivity contribution in [1.29, 1.82) is 0 Å². The van der Waals surface area contributed by atoms with E-state index in [-0.39, 0.29) is 11.8 Å². The largest absolute Gasteiger partial charge is 0.357 e. The van der Waals surface area contributed by atoms with Crippen LogP contribution in [0.5, 0.6) is 0 Å². The molecule has 0 spiro atoms. The molecule has 138 valence electrons. The molecule has 25 heavy (non-hydrogen) atoms. The van der Waals surface area contributed by atoms with Gasteiger partial charge in [0.25, 0.3) is 0 Å². The number of aryl methyl sites for hydroxylation is 1. The summed E-state index contributed by atoms with van der Waals surface area (Å²) >= 11 is 1.68. The van der Waals surface area contributed by atoms with Crippen LogP contribution in [0.3, 0.4) is 0 Å². The van der Waals surface area contributed by atoms with E-state index in [1.54, 1.807) is 11.3 Å². The molecule has 0 aromatic carbocycles. The van der Waals surface area contributed by atoms with Crippen LogP contribution in [-0.2, 0) is 11.3 Å². The number of nitrogens with one attached hydrogen (secondary N) is 3. The Morgan fingerprint density at radius 3 is 2.80 bits per heavy atom. The molecule has 1 heterocycles. The Morgan fingerprint density at radius 2 is 2.12 bits per heavy atom. The van der Waals surface area contributed by atoms with Gasteiger partial charge in [-0.05, 0) is 46.0 Å². The van der Waals surface area contributed by atoms with Gasteiger partial charge in [0, 0.05) is 35.6 Å². The molecule has 2 saturated carbocycles. The Bertz CT molecular complexity index is 610. The predicted octanol–water partition coefficient (Wildman–Crippen LogP) is 2.34. The van der Waals surface area contributed by atoms with Gasteiger partial charge in [0.2, 0.25) is 5.91 Å². The minimum absolute atomic E-state index is 0.135. The molecular weight excluding hydrogens is 334 g/mol. The zero-order chi connectivity index (χ0) is 17.6. The maximum atomic E-state index is 12.3. The van der Waals surface area contributed by atoms with Crippen molar-refractivity contribution in [2.75, 3.05) is 6.54 Å². The van der Waals surface area contributed by atoms with Gasteiger partial charge in [0.1, 0.15) is 5.01 Å². The van der Waals surface area contributed by atoms with Crippen molar-refractivity contribution < 1.29 is 4.79 Å². The zero-order valence-electron chi connectivity index (χ0n) is 15.2. The van der Waals surface area contributed by atoms with Gasteiger partial charge in [-0.25, -0.2) is 9.98 Å². The number of carbonyl (C=O) groups excluding carboxylic acids is 1. The first-order valence-corrected chi connectivity index (χ1v) is 10.2. The summed E-state index contributed by atoms with van der Waals surface area (Å²) < 4.78 is 0. The maximum absolute atomic E-state index is 12.3. The van der Waals surface area contributed by atoms with Gasteiger partial charge in [-0.2, -0.15) is 0 Å². The molecule has 2 unspecified atom stereocenters. The number of amides is 1. The number of guanidine groups is 1. The summed E-state index contributed by atoms with van der Waals surface area (Å²) in [5.74, 6) is 1.20. The van der Waals surface area contributed by atoms with E-state index in [9.17, 15) is 4.79 Å². The highest BCUT2D eigenvalue weighted by Gasteiger charge is 2.31. The van der Waals surface area contributed by atoms with E-state index in [1.807, 2.05) is 6.20 Å². The standard InChI is InChI=1S/C18H29N5OS/c1-3-19-18(21-11-16-20-10-12(2)25-16)23-15-6-4-5-13(9-15)17(24)22-14-7-8-14/h10,13-15H,3-9,11H2,1-2H3,(H,22,24)(H2,19,21,23). The van der Waals surface area contributed by atoms with E-state index in [1.165, 1.54) is 4.88 Å². The second kappa shape index (κ2) is 8.65. The highest BCUT2D eigenvalue weighted by atomic mass is 32.1. The molecule has 1 aromatic rings. The molecule has 0 radical (unpaired) electrons. The minimum Gasteiger partial charge on any atom is -0.357 e. The Balaban J connectivity index is 1.53. The second-order valence-corrected chi connectivity index (χ2v) is 8.37. The van der Waals surface area contributed by atoms with Crippen LogP contribution in [0.25, 0.3) is 0 Å². The van der Waals surface area contributed by atoms with Gasteiger partial charge in [-0.1, -0.05) is 6.42 Å². The van der Waals surface area contributed by atoms with Gasteiger partial charge >= 0.3 is 0 Å². The van der Waals surface area contributed by atoms with Crippen LogP contribution in [0.4, 0.5) is 0 Å². The summed E-state index contributed by atoms with van der Waals surface area (Å²) in [5.41, 5.74) is 0. The van der Waals surface area contributed by atoms with Gasteiger partial charge in [0.15, 0.2) is 5.96 Å². The first-order chi connectivity index (χ1) is 12.1. The molecule has 2 atom stereocenters. The van der Waals surface area contributed by atoms with Gasteiger partial charge in [-0.15, -0.1) is 11.3 Å². The molecule has 0 aliphatic heterocycles. The van der Waals surface area contributed by atoms with E-state index in [2.05, 4.69) is 39.8 Å². The monoisotopic (exact) mass is 363 g/mol. The molecule has 3 rings (SSSR count). The lowest BCUT2D eigenvalue weighted by Gasteiger charge is -2.30. The van der Waals surface area contributed by atoms with Crippen LogP contribution >= 0.6 is 11.3 Å². The van der Waals surface area contributed by atoms with E-state index in [0.29, 0.717) is 18.6 Å². The van der Waals surface area contributed by atoms with Crippen LogP contribution < -0.4 is 16.0 Å². The number of rotatable bonds is 6. The number of aromatic nitrogens is 1. The molecule has 1 amide bonds. The third-order valence-electron chi connectivity index (χ3n) is 4.70. The van der Waals surface area contributed by atoms with E-state index in [0.717, 1.165) is 56.0 Å². The average Bonchev–Trinajstić information content (AvgIpc) is 3.32. The molecule has 6 nitrogen and oxygen atoms in total. The van der Waals surface area contributed by atoms with Crippen LogP contribution in [0.2, 0.25) is 0 Å². The molecule has 0 bridgehead atoms. The number of hydrogen-bond acceptors (Lipinski definition) is 4. The summed E-state index contributed by atoms with van der Waals surface area (Å²) in [6.45, 7) is 5.54. The molecule has 2 fully saturated rings. The fourth-order valence-electron chi connectivity index (χ4n) is 3.24. The Kier molecular flexibility index (Phi) is 6.29. The van der Waals surface area contributed by atoms with E-state index < -0.39 is 0 Å². The van der Waals surface area contributed by atoms with Crippen molar-refractivity contribution in [2.45, 2.75) is 71.0 Å². The predicted molar refractivity (Wildman–Crippen MR) is 102 cm³/mol. The molecule has 7 heteroatoms. The Morgan fingerprint density at radius 1 is 1.28 bits per heavy atom. The van der Waals surface area contributed by atoms with Crippen molar-refractivity contribution in [3.8, 4) is 0 Å². The fraction of sp³-hybridized carbons (Fsp3) is 0.722. The lowest BCUT2D eigenvalue weighted by Crippen LogP contribution is -2.47. The molecule has 3 N–H and O–H groups in total. The number of aliphatic imine (C=N–C) groups is 1. The Labute approximate surface area is 153 Å². The van der Waals surface area contributed by atoms with Crippen molar-refractivity contribution in [3.63, 3.8) is 0 Å². The first-order valence-electron chi connectivity index (χ1n) is 9.40. The van der Waals surface area contributed by atoms with Gasteiger partial charge < -0.3 is 16.0 Å². The maximum Gasteiger partial charge on any atom is 0.223 e. The summed E-state index contributed by atoms with van der Waals surface area (Å²) in [7, 11) is 0. The summed E-state index contributed by atoms with van der Waals surface area (Å²) in [5, 5.41) is 11.0. The van der Waals surface area contributed by atoms with Crippen molar-refractivity contribution >= 4 is 23.2 Å². The van der Waals surface area contributed by atoms with Crippen LogP contribution in [0.1, 0.15) is 55.3 Å². The van der Waals surface area contributed by atoms with Gasteiger partial charge in [0.05, 0.1) is 6.54 Å². The molecule has 2 aliphatic rings. The molecular formula is C18H29N5OS. The number of thiazole rings is 1. The summed E-state index contributed by atoms with van der Waals surface area (Å²) in [6, 6.07) is 0.751. The highest BCUT2D eigenvalue weighted by Crippen LogP contribution is 2.26. The quantitative estimate of drug-likeness (QED) is 0.535. The van der Waals surface area contributed by atoms with Crippen molar-refractivity contribution in [3.05, 3.63) is 16.1 Å². The van der Waals surface area contributed by atoms with Crippen molar-refractivity contribution in [1.82, 2.24) is 20.9 Å². The average molecular weight is 364 g/mol. The summed E-state index contributed by atoms with van der Waals surface area (Å²) in [6.07, 6.45) is 8.25. The van der Waals surface area contributed by atoms with Gasteiger partial charge in [-0.3, -0.25) is 4.79 Å². The van der Waals surface area contributed by atoms with Crippen LogP contribution in [0, 0.1) is 12.8 Å². The van der Waals surface area contributed by atoms with Crippen LogP contribution in [0.15, 0.2) is 11.2 Å². The first kappa shape index (κ1) is 18.2. The highest BCUT2D eigenvalue weighted by molar-refractivity contribution is 7.11. The minimum atomic E-state index is 0.135. The smallest absolute Gasteiger partial charge is 0.223 e. The SMILES string of the molecule is CCNC(=NCc1ncc(C)s1)NC1CCCC(C(=O)NC2CC2)C1. The zero-order valence-corrected chi connectivity index (χ0v) is 16.0. The molecule has 0 saturated heterocycles. The third-order valence-corrected chi connectivity index (χ3v) is 5.59. The van der Waals surface area contributed by atoms with Crippen LogP contribution in [-0.4, -0.2) is 35.5 Å². The fourth-order valence-corrected chi connectivity index (χ4v) is 3.95. The topological polar surface area (TPSA) is 78.4 Å². The second-order valence-electron chi connectivity index (χ2n) is 7.05. The molecule has 1 aromatic heterocycles. The number of nitrogens with zero attached hydrogens (tertiary/aromatic N) is 2. The van der Waals surface area contributed by atoms with Crippen molar-refractivity contribution in [2.24, 2.45) is 10.9 Å². The van der Waals surface area contributed by atoms with E-state index in [4.69, 9.17) is 0 Å². The lowest BCUT2D eigenvalue weighted by molar-refractivity contribution is -0.126. The lowest BCUT2D eigenvalue weighted by atomic mass is 9.85. The number of carbonyl (C=O) groups is 1. The van der Waals surface area contributed by atoms with E-state index >= 15 is 0 Å². The normalized spacial score (nSPS) is 24.0. The Hall–Kier alpha value is -1.63. The summed E-state index contributed by atoms with van der Waals surface area (Å²) in [4.78, 5) is 22.6. The molecule has 2 aliphatic carbocycles. The third kappa shape index (κ3) is 5.70. The number of hydrogen-bond donors (Lipinski definition) is 3.